The molecule has 2 aliphatic carbocycles. The highest BCUT2D eigenvalue weighted by Gasteiger charge is 2.39. The molecule has 8 heteroatoms. The average molecular weight is 595 g/mol. The summed E-state index contributed by atoms with van der Waals surface area (Å²) in [5.74, 6) is 1.40. The molecule has 0 bridgehead atoms. The molecule has 0 aliphatic heterocycles. The number of amides is 1. The fourth-order valence-electron chi connectivity index (χ4n) is 6.66. The molecule has 3 aromatic carbocycles. The summed E-state index contributed by atoms with van der Waals surface area (Å²) in [6.45, 7) is 2.17. The molecule has 0 heterocycles. The lowest BCUT2D eigenvalue weighted by Gasteiger charge is -2.42. The van der Waals surface area contributed by atoms with E-state index < -0.39 is 18.2 Å². The van der Waals surface area contributed by atoms with E-state index in [0.29, 0.717) is 11.5 Å². The molecular formula is C34H43ClN2O5. The third kappa shape index (κ3) is 6.69. The fourth-order valence-corrected chi connectivity index (χ4v) is 6.66. The number of nitrogens with two attached hydrogens (primary N) is 1. The van der Waals surface area contributed by atoms with Crippen LogP contribution in [0.3, 0.4) is 0 Å². The van der Waals surface area contributed by atoms with Gasteiger partial charge in [-0.2, -0.15) is 0 Å². The van der Waals surface area contributed by atoms with Crippen LogP contribution in [-0.4, -0.2) is 55.1 Å². The predicted molar refractivity (Wildman–Crippen MR) is 167 cm³/mol. The first-order valence-corrected chi connectivity index (χ1v) is 14.7. The molecule has 42 heavy (non-hydrogen) atoms. The molecule has 0 spiro atoms. The summed E-state index contributed by atoms with van der Waals surface area (Å²) in [5, 5.41) is 10.7. The van der Waals surface area contributed by atoms with Gasteiger partial charge >= 0.3 is 6.09 Å². The third-order valence-electron chi connectivity index (χ3n) is 8.78. The van der Waals surface area contributed by atoms with Crippen LogP contribution in [0.1, 0.15) is 61.6 Å². The van der Waals surface area contributed by atoms with Crippen LogP contribution in [0.2, 0.25) is 0 Å². The normalized spacial score (nSPS) is 16.8. The van der Waals surface area contributed by atoms with Crippen LogP contribution < -0.4 is 15.2 Å². The number of hydrogen-bond donors (Lipinski definition) is 2. The smallest absolute Gasteiger partial charge is 0.410 e. The van der Waals surface area contributed by atoms with Crippen LogP contribution in [0, 0.1) is 5.92 Å². The zero-order valence-electron chi connectivity index (χ0n) is 24.7. The van der Waals surface area contributed by atoms with Gasteiger partial charge in [-0.05, 0) is 65.6 Å². The lowest BCUT2D eigenvalue weighted by atomic mass is 9.79. The first-order valence-electron chi connectivity index (χ1n) is 14.7. The second-order valence-electron chi connectivity index (χ2n) is 11.4. The van der Waals surface area contributed by atoms with E-state index in [2.05, 4.69) is 24.3 Å². The summed E-state index contributed by atoms with van der Waals surface area (Å²) in [6.07, 6.45) is 4.04. The second kappa shape index (κ2) is 14.3. The maximum absolute atomic E-state index is 14.2. The first kappa shape index (κ1) is 31.7. The van der Waals surface area contributed by atoms with E-state index in [0.717, 1.165) is 42.4 Å². The number of benzene rings is 3. The standard InChI is InChI=1S/C34H42N2O5.ClH/c1-22(37)32(35)33(24-11-5-4-6-12-24)36(20-23-17-25(39-2)19-26(18-23)40-3)34(38)41-21-31-29-15-9-7-13-27(29)28-14-8-10-16-30(28)31;/h7-10,13-19,22,24,31-33,37H,4-6,11-12,20-21,35H2,1-3H3;1H/t22-,32-,33?;/m1./s1. The Balaban J connectivity index is 0.00000405. The highest BCUT2D eigenvalue weighted by atomic mass is 35.5. The molecule has 3 aromatic rings. The molecule has 0 aromatic heterocycles. The summed E-state index contributed by atoms with van der Waals surface area (Å²) in [4.78, 5) is 15.9. The molecule has 0 radical (unpaired) electrons. The summed E-state index contributed by atoms with van der Waals surface area (Å²) >= 11 is 0. The largest absolute Gasteiger partial charge is 0.497 e. The maximum atomic E-state index is 14.2. The minimum Gasteiger partial charge on any atom is -0.497 e. The topological polar surface area (TPSA) is 94.2 Å². The monoisotopic (exact) mass is 594 g/mol. The number of nitrogens with zero attached hydrogens (tertiary/aromatic N) is 1. The average Bonchev–Trinajstić information content (AvgIpc) is 3.33. The van der Waals surface area contributed by atoms with Gasteiger partial charge in [0.25, 0.3) is 0 Å². The zero-order chi connectivity index (χ0) is 28.9. The van der Waals surface area contributed by atoms with Crippen LogP contribution in [0.25, 0.3) is 11.1 Å². The molecular weight excluding hydrogens is 552 g/mol. The quantitative estimate of drug-likeness (QED) is 0.277. The Morgan fingerprint density at radius 1 is 0.929 bits per heavy atom. The molecule has 3 atom stereocenters. The van der Waals surface area contributed by atoms with Gasteiger partial charge in [-0.25, -0.2) is 4.79 Å². The molecule has 0 saturated heterocycles. The van der Waals surface area contributed by atoms with E-state index in [1.807, 2.05) is 36.4 Å². The van der Waals surface area contributed by atoms with E-state index >= 15 is 0 Å². The van der Waals surface area contributed by atoms with Crippen molar-refractivity contribution in [2.24, 2.45) is 11.7 Å². The number of halogens is 1. The molecule has 3 N–H and O–H groups in total. The number of fused-ring (bicyclic) bond motifs is 3. The van der Waals surface area contributed by atoms with E-state index in [-0.39, 0.29) is 43.4 Å². The Labute approximate surface area is 255 Å². The number of rotatable bonds is 10. The van der Waals surface area contributed by atoms with Crippen LogP contribution in [0.5, 0.6) is 11.5 Å². The van der Waals surface area contributed by atoms with E-state index in [1.165, 1.54) is 17.5 Å². The van der Waals surface area contributed by atoms with Crippen molar-refractivity contribution in [3.8, 4) is 22.6 Å². The molecule has 1 unspecified atom stereocenters. The molecule has 1 saturated carbocycles. The Hall–Kier alpha value is -3.26. The third-order valence-corrected chi connectivity index (χ3v) is 8.78. The summed E-state index contributed by atoms with van der Waals surface area (Å²) in [6, 6.07) is 21.2. The van der Waals surface area contributed by atoms with Crippen molar-refractivity contribution in [1.82, 2.24) is 4.90 Å². The Morgan fingerprint density at radius 2 is 1.48 bits per heavy atom. The molecule has 1 fully saturated rings. The van der Waals surface area contributed by atoms with Crippen LogP contribution in [0.15, 0.2) is 66.7 Å². The van der Waals surface area contributed by atoms with Gasteiger partial charge in [-0.3, -0.25) is 4.90 Å². The number of methoxy groups -OCH3 is 2. The van der Waals surface area contributed by atoms with Gasteiger partial charge in [0.05, 0.1) is 32.4 Å². The van der Waals surface area contributed by atoms with Crippen molar-refractivity contribution in [2.75, 3.05) is 20.8 Å². The molecule has 7 nitrogen and oxygen atoms in total. The highest BCUT2D eigenvalue weighted by Crippen LogP contribution is 2.44. The van der Waals surface area contributed by atoms with Gasteiger partial charge in [0.15, 0.2) is 0 Å². The molecule has 2 aliphatic rings. The van der Waals surface area contributed by atoms with Gasteiger partial charge in [0, 0.05) is 18.5 Å². The van der Waals surface area contributed by atoms with Crippen LogP contribution in [-0.2, 0) is 11.3 Å². The van der Waals surface area contributed by atoms with Gasteiger partial charge < -0.3 is 25.1 Å². The Morgan fingerprint density at radius 3 is 2.00 bits per heavy atom. The number of carbonyl (C=O) groups is 1. The highest BCUT2D eigenvalue weighted by molar-refractivity contribution is 5.85. The molecule has 5 rings (SSSR count). The molecule has 226 valence electrons. The Bertz CT molecular complexity index is 1280. The zero-order valence-corrected chi connectivity index (χ0v) is 25.5. The van der Waals surface area contributed by atoms with Crippen molar-refractivity contribution in [1.29, 1.82) is 0 Å². The first-order chi connectivity index (χ1) is 19.9. The van der Waals surface area contributed by atoms with Crippen LogP contribution >= 0.6 is 12.4 Å². The summed E-state index contributed by atoms with van der Waals surface area (Å²) in [7, 11) is 3.21. The number of aliphatic hydroxyl groups excluding tert-OH is 1. The van der Waals surface area contributed by atoms with E-state index in [1.54, 1.807) is 32.1 Å². The number of aliphatic hydroxyl groups is 1. The number of hydrogen-bond acceptors (Lipinski definition) is 6. The minimum absolute atomic E-state index is 0. The lowest BCUT2D eigenvalue weighted by molar-refractivity contribution is 0.0264. The van der Waals surface area contributed by atoms with Crippen molar-refractivity contribution < 1.29 is 24.1 Å². The Kier molecular flexibility index (Phi) is 10.8. The summed E-state index contributed by atoms with van der Waals surface area (Å²) < 4.78 is 17.2. The lowest BCUT2D eigenvalue weighted by Crippen LogP contribution is -2.58. The van der Waals surface area contributed by atoms with Gasteiger partial charge in [0.2, 0.25) is 0 Å². The van der Waals surface area contributed by atoms with Crippen molar-refractivity contribution >= 4 is 18.5 Å². The minimum atomic E-state index is -0.786. The number of ether oxygens (including phenoxy) is 3. The summed E-state index contributed by atoms with van der Waals surface area (Å²) in [5.41, 5.74) is 12.2. The van der Waals surface area contributed by atoms with Crippen molar-refractivity contribution in [3.05, 3.63) is 83.4 Å². The van der Waals surface area contributed by atoms with Gasteiger partial charge in [-0.1, -0.05) is 67.8 Å². The molecule has 1 amide bonds. The van der Waals surface area contributed by atoms with Crippen LogP contribution in [0.4, 0.5) is 4.79 Å². The SMILES string of the molecule is COc1cc(CN(C(=O)OCC2c3ccccc3-c3ccccc32)C(C2CCCCC2)[C@H](N)[C@@H](C)O)cc(OC)c1.Cl. The van der Waals surface area contributed by atoms with Gasteiger partial charge in [-0.15, -0.1) is 12.4 Å². The van der Waals surface area contributed by atoms with Crippen molar-refractivity contribution in [2.45, 2.75) is 69.7 Å². The number of carbonyl (C=O) groups excluding carboxylic acids is 1. The second-order valence-corrected chi connectivity index (χ2v) is 11.4. The van der Waals surface area contributed by atoms with E-state index in [9.17, 15) is 9.90 Å². The fraction of sp³-hybridized carbons (Fsp3) is 0.441. The maximum Gasteiger partial charge on any atom is 0.410 e. The van der Waals surface area contributed by atoms with Gasteiger partial charge in [0.1, 0.15) is 18.1 Å². The van der Waals surface area contributed by atoms with Crippen molar-refractivity contribution in [3.63, 3.8) is 0 Å². The van der Waals surface area contributed by atoms with E-state index in [4.69, 9.17) is 19.9 Å². The predicted octanol–water partition coefficient (Wildman–Crippen LogP) is 6.53.